The molecule has 2 aromatic heterocycles. The number of aromatic nitrogens is 3. The first-order valence-electron chi connectivity index (χ1n) is 6.76. The number of ether oxygens (including phenoxy) is 1. The van der Waals surface area contributed by atoms with Gasteiger partial charge in [-0.25, -0.2) is 4.98 Å². The molecule has 22 heavy (non-hydrogen) atoms. The zero-order chi connectivity index (χ0) is 15.7. The minimum absolute atomic E-state index is 0.229. The van der Waals surface area contributed by atoms with E-state index in [0.29, 0.717) is 28.2 Å². The van der Waals surface area contributed by atoms with Crippen LogP contribution in [0.15, 0.2) is 35.1 Å². The van der Waals surface area contributed by atoms with Crippen molar-refractivity contribution < 1.29 is 4.74 Å². The minimum Gasteiger partial charge on any atom is -0.377 e. The standard InChI is InChI=1S/C16H14N4O2/c1-10-12(8-17)15-18-13(9-22-2)19-20(15)16(21)14(10)11-6-4-3-5-7-11/h3-7H,9H2,1-2H3,(H,18,19). The average molecular weight is 294 g/mol. The summed E-state index contributed by atoms with van der Waals surface area (Å²) in [5.41, 5.74) is 2.40. The molecule has 6 nitrogen and oxygen atoms in total. The fraction of sp³-hybridized carbons (Fsp3) is 0.188. The van der Waals surface area contributed by atoms with E-state index in [2.05, 4.69) is 16.2 Å². The number of hydrogen-bond donors (Lipinski definition) is 1. The highest BCUT2D eigenvalue weighted by molar-refractivity contribution is 5.73. The van der Waals surface area contributed by atoms with Gasteiger partial charge in [0.25, 0.3) is 5.56 Å². The maximum atomic E-state index is 12.8. The number of aromatic amines is 1. The van der Waals surface area contributed by atoms with Crippen LogP contribution in [0.5, 0.6) is 0 Å². The van der Waals surface area contributed by atoms with Crippen LogP contribution in [-0.2, 0) is 11.3 Å². The predicted molar refractivity (Wildman–Crippen MR) is 81.4 cm³/mol. The summed E-state index contributed by atoms with van der Waals surface area (Å²) in [6.45, 7) is 2.01. The molecule has 1 N–H and O–H groups in total. The van der Waals surface area contributed by atoms with E-state index >= 15 is 0 Å². The Balaban J connectivity index is 2.40. The number of H-pyrrole nitrogens is 1. The van der Waals surface area contributed by atoms with Gasteiger partial charge in [0, 0.05) is 7.11 Å². The highest BCUT2D eigenvalue weighted by Crippen LogP contribution is 2.23. The topological polar surface area (TPSA) is 83.2 Å². The van der Waals surface area contributed by atoms with Crippen LogP contribution >= 0.6 is 0 Å². The van der Waals surface area contributed by atoms with Crippen molar-refractivity contribution in [2.75, 3.05) is 7.11 Å². The molecule has 6 heteroatoms. The number of nitrogens with zero attached hydrogens (tertiary/aromatic N) is 3. The summed E-state index contributed by atoms with van der Waals surface area (Å²) >= 11 is 0. The van der Waals surface area contributed by atoms with Crippen LogP contribution in [0, 0.1) is 18.3 Å². The molecule has 0 unspecified atom stereocenters. The first-order chi connectivity index (χ1) is 10.7. The molecule has 0 aliphatic heterocycles. The zero-order valence-electron chi connectivity index (χ0n) is 12.3. The van der Waals surface area contributed by atoms with Crippen molar-refractivity contribution >= 4 is 5.65 Å². The number of pyridine rings is 1. The molecule has 0 saturated carbocycles. The number of nitrogens with one attached hydrogen (secondary N) is 1. The van der Waals surface area contributed by atoms with Crippen molar-refractivity contribution in [2.45, 2.75) is 13.5 Å². The number of hydrogen-bond acceptors (Lipinski definition) is 4. The van der Waals surface area contributed by atoms with Crippen LogP contribution in [0.2, 0.25) is 0 Å². The molecule has 0 aliphatic carbocycles. The van der Waals surface area contributed by atoms with Crippen molar-refractivity contribution in [1.29, 1.82) is 5.26 Å². The Bertz CT molecular complexity index is 933. The van der Waals surface area contributed by atoms with Crippen LogP contribution in [0.3, 0.4) is 0 Å². The lowest BCUT2D eigenvalue weighted by Crippen LogP contribution is -2.19. The minimum atomic E-state index is -0.229. The fourth-order valence-electron chi connectivity index (χ4n) is 2.54. The second kappa shape index (κ2) is 5.47. The van der Waals surface area contributed by atoms with Crippen LogP contribution in [-0.4, -0.2) is 21.7 Å². The Morgan fingerprint density at radius 1 is 1.36 bits per heavy atom. The number of rotatable bonds is 3. The number of nitriles is 1. The normalized spacial score (nSPS) is 10.8. The second-order valence-electron chi connectivity index (χ2n) is 4.92. The van der Waals surface area contributed by atoms with Gasteiger partial charge in [0.1, 0.15) is 24.1 Å². The van der Waals surface area contributed by atoms with Crippen LogP contribution in [0.1, 0.15) is 17.0 Å². The molecule has 110 valence electrons. The lowest BCUT2D eigenvalue weighted by atomic mass is 9.99. The van der Waals surface area contributed by atoms with Gasteiger partial charge in [-0.3, -0.25) is 9.89 Å². The van der Waals surface area contributed by atoms with E-state index in [0.717, 1.165) is 5.56 Å². The van der Waals surface area contributed by atoms with E-state index < -0.39 is 0 Å². The van der Waals surface area contributed by atoms with Crippen molar-refractivity contribution in [1.82, 2.24) is 14.6 Å². The predicted octanol–water partition coefficient (Wildman–Crippen LogP) is 2.02. The molecule has 3 aromatic rings. The molecular formula is C16H14N4O2. The number of fused-ring (bicyclic) bond motifs is 1. The molecule has 3 rings (SSSR count). The molecule has 0 atom stereocenters. The molecule has 0 radical (unpaired) electrons. The quantitative estimate of drug-likeness (QED) is 0.801. The Morgan fingerprint density at radius 3 is 2.73 bits per heavy atom. The maximum absolute atomic E-state index is 12.8. The van der Waals surface area contributed by atoms with Gasteiger partial charge in [0.2, 0.25) is 0 Å². The second-order valence-corrected chi connectivity index (χ2v) is 4.92. The highest BCUT2D eigenvalue weighted by Gasteiger charge is 2.19. The van der Waals surface area contributed by atoms with E-state index in [4.69, 9.17) is 4.74 Å². The van der Waals surface area contributed by atoms with Gasteiger partial charge in [0.15, 0.2) is 5.65 Å². The molecule has 2 heterocycles. The third-order valence-electron chi connectivity index (χ3n) is 3.54. The molecular weight excluding hydrogens is 280 g/mol. The smallest absolute Gasteiger partial charge is 0.279 e. The number of benzene rings is 1. The maximum Gasteiger partial charge on any atom is 0.279 e. The first-order valence-corrected chi connectivity index (χ1v) is 6.76. The lowest BCUT2D eigenvalue weighted by Gasteiger charge is -2.07. The molecule has 0 saturated heterocycles. The van der Waals surface area contributed by atoms with Gasteiger partial charge in [-0.2, -0.15) is 9.78 Å². The monoisotopic (exact) mass is 294 g/mol. The highest BCUT2D eigenvalue weighted by atomic mass is 16.5. The van der Waals surface area contributed by atoms with Gasteiger partial charge in [-0.05, 0) is 18.1 Å². The van der Waals surface area contributed by atoms with E-state index in [9.17, 15) is 10.1 Å². The summed E-state index contributed by atoms with van der Waals surface area (Å²) in [5, 5.41) is 12.4. The number of methoxy groups -OCH3 is 1. The van der Waals surface area contributed by atoms with Gasteiger partial charge >= 0.3 is 0 Å². The van der Waals surface area contributed by atoms with E-state index in [1.807, 2.05) is 30.3 Å². The van der Waals surface area contributed by atoms with Gasteiger partial charge in [-0.15, -0.1) is 0 Å². The molecule has 0 fully saturated rings. The Kier molecular flexibility index (Phi) is 3.49. The third-order valence-corrected chi connectivity index (χ3v) is 3.54. The lowest BCUT2D eigenvalue weighted by molar-refractivity contribution is 0.178. The first kappa shape index (κ1) is 14.0. The summed E-state index contributed by atoms with van der Waals surface area (Å²) in [4.78, 5) is 17.1. The summed E-state index contributed by atoms with van der Waals surface area (Å²) in [5.74, 6) is 0.501. The zero-order valence-corrected chi connectivity index (χ0v) is 12.3. The van der Waals surface area contributed by atoms with Crippen molar-refractivity contribution in [3.8, 4) is 17.2 Å². The van der Waals surface area contributed by atoms with E-state index in [-0.39, 0.29) is 12.2 Å². The average Bonchev–Trinajstić information content (AvgIpc) is 2.93. The summed E-state index contributed by atoms with van der Waals surface area (Å²) in [7, 11) is 1.54. The van der Waals surface area contributed by atoms with Crippen molar-refractivity contribution in [3.63, 3.8) is 0 Å². The van der Waals surface area contributed by atoms with Gasteiger partial charge in [0.05, 0.1) is 5.56 Å². The van der Waals surface area contributed by atoms with Crippen molar-refractivity contribution in [3.05, 3.63) is 57.6 Å². The van der Waals surface area contributed by atoms with Gasteiger partial charge in [-0.1, -0.05) is 30.3 Å². The Morgan fingerprint density at radius 2 is 2.09 bits per heavy atom. The van der Waals surface area contributed by atoms with Crippen LogP contribution in [0.25, 0.3) is 16.8 Å². The fourth-order valence-corrected chi connectivity index (χ4v) is 2.54. The van der Waals surface area contributed by atoms with Crippen LogP contribution in [0.4, 0.5) is 0 Å². The summed E-state index contributed by atoms with van der Waals surface area (Å²) < 4.78 is 6.33. The van der Waals surface area contributed by atoms with Gasteiger partial charge < -0.3 is 4.74 Å². The Labute approximate surface area is 126 Å². The molecule has 0 spiro atoms. The third kappa shape index (κ3) is 2.08. The molecule has 0 aliphatic rings. The Hall–Kier alpha value is -2.91. The molecule has 1 aromatic carbocycles. The van der Waals surface area contributed by atoms with Crippen LogP contribution < -0.4 is 5.56 Å². The SMILES string of the molecule is COCc1nc2c(C#N)c(C)c(-c3ccccc3)c(=O)n2[nH]1. The molecule has 0 amide bonds. The van der Waals surface area contributed by atoms with E-state index in [1.54, 1.807) is 14.0 Å². The largest absolute Gasteiger partial charge is 0.377 e. The van der Waals surface area contributed by atoms with E-state index in [1.165, 1.54) is 4.52 Å². The molecule has 0 bridgehead atoms. The summed E-state index contributed by atoms with van der Waals surface area (Å²) in [6, 6.07) is 11.5. The van der Waals surface area contributed by atoms with Crippen molar-refractivity contribution in [2.24, 2.45) is 0 Å². The summed E-state index contributed by atoms with van der Waals surface area (Å²) in [6.07, 6.45) is 0.